The summed E-state index contributed by atoms with van der Waals surface area (Å²) in [6, 6.07) is 20.9. The minimum atomic E-state index is -3.64. The van der Waals surface area contributed by atoms with Crippen LogP contribution in [0.15, 0.2) is 72.8 Å². The monoisotopic (exact) mass is 617 g/mol. The first-order chi connectivity index (χ1) is 19.3. The predicted octanol–water partition coefficient (Wildman–Crippen LogP) is 6.01. The lowest BCUT2D eigenvalue weighted by molar-refractivity contribution is -0.141. The highest BCUT2D eigenvalue weighted by molar-refractivity contribution is 7.92. The Hall–Kier alpha value is -3.07. The number of carbonyl (C=O) groups is 2. The summed E-state index contributed by atoms with van der Waals surface area (Å²) in [5.41, 5.74) is 2.93. The van der Waals surface area contributed by atoms with Gasteiger partial charge in [0.15, 0.2) is 0 Å². The molecule has 2 amide bonds. The van der Waals surface area contributed by atoms with Gasteiger partial charge in [-0.15, -0.1) is 0 Å². The molecule has 7 nitrogen and oxygen atoms in total. The van der Waals surface area contributed by atoms with E-state index in [9.17, 15) is 18.0 Å². The molecule has 0 saturated carbocycles. The number of sulfonamides is 1. The minimum absolute atomic E-state index is 0.0342. The van der Waals surface area contributed by atoms with Crippen molar-refractivity contribution in [1.29, 1.82) is 0 Å². The fraction of sp³-hybridized carbons (Fsp3) is 0.355. The average Bonchev–Trinajstić information content (AvgIpc) is 2.89. The van der Waals surface area contributed by atoms with E-state index in [4.69, 9.17) is 23.2 Å². The summed E-state index contributed by atoms with van der Waals surface area (Å²) < 4.78 is 26.7. The second kappa shape index (κ2) is 14.7. The Morgan fingerprint density at radius 1 is 0.902 bits per heavy atom. The summed E-state index contributed by atoms with van der Waals surface area (Å²) in [5.74, 6) is -0.521. The van der Waals surface area contributed by atoms with E-state index in [0.717, 1.165) is 22.9 Å². The molecule has 0 saturated heterocycles. The predicted molar refractivity (Wildman–Crippen MR) is 167 cm³/mol. The average molecular weight is 619 g/mol. The van der Waals surface area contributed by atoms with Crippen LogP contribution in [-0.4, -0.2) is 50.0 Å². The molecule has 1 N–H and O–H groups in total. The number of amides is 2. The molecule has 0 spiro atoms. The standard InChI is InChI=1S/C31H37Cl2N3O4S/c1-22(2)34-31(38)29(19-24-10-6-5-7-11-24)35(21-25-12-8-13-26(32)18-25)30(37)14-9-17-36(41(4,39)40)28-20-27(33)16-15-23(28)3/h5-8,10-13,15-16,18,20,22,29H,9,14,17,19,21H2,1-4H3,(H,34,38)/t29-/m1/s1. The highest BCUT2D eigenvalue weighted by Gasteiger charge is 2.31. The highest BCUT2D eigenvalue weighted by atomic mass is 35.5. The SMILES string of the molecule is Cc1ccc(Cl)cc1N(CCCC(=O)N(Cc1cccc(Cl)c1)[C@H](Cc1ccccc1)C(=O)NC(C)C)S(C)(=O)=O. The van der Waals surface area contributed by atoms with E-state index < -0.39 is 16.1 Å². The number of nitrogens with one attached hydrogen (secondary N) is 1. The van der Waals surface area contributed by atoms with Gasteiger partial charge in [-0.2, -0.15) is 0 Å². The minimum Gasteiger partial charge on any atom is -0.352 e. The van der Waals surface area contributed by atoms with Crippen LogP contribution >= 0.6 is 23.2 Å². The molecule has 0 aliphatic rings. The van der Waals surface area contributed by atoms with Gasteiger partial charge in [0.2, 0.25) is 21.8 Å². The fourth-order valence-corrected chi connectivity index (χ4v) is 5.99. The maximum atomic E-state index is 13.9. The zero-order valence-corrected chi connectivity index (χ0v) is 26.1. The van der Waals surface area contributed by atoms with Crippen molar-refractivity contribution in [1.82, 2.24) is 10.2 Å². The number of halogens is 2. The van der Waals surface area contributed by atoms with Crippen molar-refractivity contribution in [3.05, 3.63) is 99.5 Å². The van der Waals surface area contributed by atoms with E-state index in [0.29, 0.717) is 22.2 Å². The largest absolute Gasteiger partial charge is 0.352 e. The molecule has 0 aromatic heterocycles. The second-order valence-electron chi connectivity index (χ2n) is 10.4. The van der Waals surface area contributed by atoms with Crippen LogP contribution in [0.2, 0.25) is 10.0 Å². The third kappa shape index (κ3) is 9.76. The number of hydrogen-bond donors (Lipinski definition) is 1. The summed E-state index contributed by atoms with van der Waals surface area (Å²) >= 11 is 12.4. The highest BCUT2D eigenvalue weighted by Crippen LogP contribution is 2.27. The molecule has 0 bridgehead atoms. The van der Waals surface area contributed by atoms with Gasteiger partial charge in [0.1, 0.15) is 6.04 Å². The van der Waals surface area contributed by atoms with Crippen LogP contribution in [0.4, 0.5) is 5.69 Å². The van der Waals surface area contributed by atoms with Crippen LogP contribution < -0.4 is 9.62 Å². The van der Waals surface area contributed by atoms with E-state index in [1.165, 1.54) is 4.31 Å². The van der Waals surface area contributed by atoms with Crippen molar-refractivity contribution in [2.75, 3.05) is 17.1 Å². The van der Waals surface area contributed by atoms with Gasteiger partial charge in [0.05, 0.1) is 11.9 Å². The second-order valence-corrected chi connectivity index (χ2v) is 13.2. The van der Waals surface area contributed by atoms with Crippen LogP contribution in [0.5, 0.6) is 0 Å². The van der Waals surface area contributed by atoms with E-state index in [1.807, 2.05) is 57.2 Å². The van der Waals surface area contributed by atoms with E-state index in [2.05, 4.69) is 5.32 Å². The van der Waals surface area contributed by atoms with Crippen LogP contribution in [0, 0.1) is 6.92 Å². The number of benzene rings is 3. The Labute approximate surface area is 253 Å². The number of carbonyl (C=O) groups excluding carboxylic acids is 2. The third-order valence-electron chi connectivity index (χ3n) is 6.54. The Morgan fingerprint density at radius 2 is 1.56 bits per heavy atom. The van der Waals surface area contributed by atoms with Gasteiger partial charge in [-0.05, 0) is 68.1 Å². The quantitative estimate of drug-likeness (QED) is 0.254. The molecular weight excluding hydrogens is 581 g/mol. The molecule has 0 heterocycles. The molecule has 0 unspecified atom stereocenters. The Kier molecular flexibility index (Phi) is 11.6. The topological polar surface area (TPSA) is 86.8 Å². The molecular formula is C31H37Cl2N3O4S. The van der Waals surface area contributed by atoms with Gasteiger partial charge >= 0.3 is 0 Å². The van der Waals surface area contributed by atoms with Gasteiger partial charge in [-0.3, -0.25) is 13.9 Å². The Bertz CT molecular complexity index is 1450. The van der Waals surface area contributed by atoms with Gasteiger partial charge in [0.25, 0.3) is 0 Å². The molecule has 3 aromatic rings. The van der Waals surface area contributed by atoms with Gasteiger partial charge in [-0.1, -0.05) is 71.7 Å². The van der Waals surface area contributed by atoms with Crippen molar-refractivity contribution in [2.24, 2.45) is 0 Å². The maximum Gasteiger partial charge on any atom is 0.243 e. The van der Waals surface area contributed by atoms with E-state index in [-0.39, 0.29) is 43.8 Å². The van der Waals surface area contributed by atoms with Gasteiger partial charge < -0.3 is 10.2 Å². The molecule has 41 heavy (non-hydrogen) atoms. The van der Waals surface area contributed by atoms with Crippen LogP contribution in [0.1, 0.15) is 43.4 Å². The first-order valence-corrected chi connectivity index (χ1v) is 16.1. The summed E-state index contributed by atoms with van der Waals surface area (Å²) in [4.78, 5) is 28.9. The summed E-state index contributed by atoms with van der Waals surface area (Å²) in [6.45, 7) is 5.81. The van der Waals surface area contributed by atoms with Crippen LogP contribution in [0.25, 0.3) is 0 Å². The molecule has 0 aliphatic heterocycles. The third-order valence-corrected chi connectivity index (χ3v) is 8.19. The lowest BCUT2D eigenvalue weighted by atomic mass is 10.0. The normalized spacial score (nSPS) is 12.2. The zero-order chi connectivity index (χ0) is 30.2. The van der Waals surface area contributed by atoms with Gasteiger partial charge in [-0.25, -0.2) is 8.42 Å². The first-order valence-electron chi connectivity index (χ1n) is 13.5. The lowest BCUT2D eigenvalue weighted by Crippen LogP contribution is -2.51. The van der Waals surface area contributed by atoms with Crippen molar-refractivity contribution in [2.45, 2.75) is 58.7 Å². The van der Waals surface area contributed by atoms with Crippen LogP contribution in [0.3, 0.4) is 0 Å². The van der Waals surface area contributed by atoms with Crippen molar-refractivity contribution >= 4 is 50.7 Å². The number of nitrogens with zero attached hydrogens (tertiary/aromatic N) is 2. The summed E-state index contributed by atoms with van der Waals surface area (Å²) in [5, 5.41) is 3.91. The smallest absolute Gasteiger partial charge is 0.243 e. The molecule has 220 valence electrons. The molecule has 0 fully saturated rings. The fourth-order valence-electron chi connectivity index (χ4n) is 4.60. The number of aryl methyl sites for hydroxylation is 1. The molecule has 1 atom stereocenters. The van der Waals surface area contributed by atoms with Crippen LogP contribution in [-0.2, 0) is 32.6 Å². The molecule has 0 aliphatic carbocycles. The van der Waals surface area contributed by atoms with Crippen molar-refractivity contribution in [3.63, 3.8) is 0 Å². The van der Waals surface area contributed by atoms with Gasteiger partial charge in [0, 0.05) is 42.0 Å². The summed E-state index contributed by atoms with van der Waals surface area (Å²) in [7, 11) is -3.64. The molecule has 3 aromatic carbocycles. The molecule has 0 radical (unpaired) electrons. The Balaban J connectivity index is 1.90. The number of rotatable bonds is 13. The first kappa shape index (κ1) is 32.4. The number of anilines is 1. The molecule has 3 rings (SSSR count). The van der Waals surface area contributed by atoms with E-state index >= 15 is 0 Å². The van der Waals surface area contributed by atoms with Crippen molar-refractivity contribution < 1.29 is 18.0 Å². The van der Waals surface area contributed by atoms with E-state index in [1.54, 1.807) is 41.3 Å². The maximum absolute atomic E-state index is 13.9. The van der Waals surface area contributed by atoms with Crippen molar-refractivity contribution in [3.8, 4) is 0 Å². The summed E-state index contributed by atoms with van der Waals surface area (Å²) in [6.07, 6.45) is 1.73. The zero-order valence-electron chi connectivity index (χ0n) is 23.8. The molecule has 10 heteroatoms. The Morgan fingerprint density at radius 3 is 2.20 bits per heavy atom. The lowest BCUT2D eigenvalue weighted by Gasteiger charge is -2.32. The number of hydrogen-bond acceptors (Lipinski definition) is 4.